The fourth-order valence-corrected chi connectivity index (χ4v) is 1.81. The summed E-state index contributed by atoms with van der Waals surface area (Å²) in [4.78, 5) is 14.6. The first-order chi connectivity index (χ1) is 8.20. The van der Waals surface area contributed by atoms with Gasteiger partial charge in [-0.05, 0) is 24.4 Å². The van der Waals surface area contributed by atoms with Gasteiger partial charge in [-0.2, -0.15) is 0 Å². The Hall–Kier alpha value is -1.81. The molecule has 0 amide bonds. The minimum absolute atomic E-state index is 0.355. The number of para-hydroxylation sites is 1. The molecule has 0 aliphatic rings. The van der Waals surface area contributed by atoms with E-state index in [9.17, 15) is 4.79 Å². The van der Waals surface area contributed by atoms with Crippen molar-refractivity contribution < 1.29 is 9.53 Å². The fraction of sp³-hybridized carbons (Fsp3) is 0.308. The van der Waals surface area contributed by atoms with Crippen LogP contribution in [0.25, 0.3) is 10.9 Å². The zero-order chi connectivity index (χ0) is 12.3. The number of benzene rings is 1. The number of hydrogen-bond donors (Lipinski definition) is 2. The van der Waals surface area contributed by atoms with Crippen molar-refractivity contribution in [1.82, 2.24) is 4.98 Å². The topological polar surface area (TPSA) is 68.1 Å². The van der Waals surface area contributed by atoms with Gasteiger partial charge in [-0.15, -0.1) is 0 Å². The predicted octanol–water partition coefficient (Wildman–Crippen LogP) is 1.60. The third-order valence-corrected chi connectivity index (χ3v) is 2.61. The second-order valence-corrected chi connectivity index (χ2v) is 3.94. The van der Waals surface area contributed by atoms with Crippen LogP contribution in [0.15, 0.2) is 30.3 Å². The number of esters is 1. The van der Waals surface area contributed by atoms with Crippen LogP contribution in [0.5, 0.6) is 0 Å². The molecule has 4 heteroatoms. The van der Waals surface area contributed by atoms with Gasteiger partial charge in [0.05, 0.1) is 6.61 Å². The molecule has 0 spiro atoms. The number of aromatic nitrogens is 1. The Kier molecular flexibility index (Phi) is 3.44. The SMILES string of the molecule is CCOC(=O)[C@@H](N)Cc1cc2ccccc2[nH]1. The number of carbonyl (C=O) groups is 1. The number of ether oxygens (including phenoxy) is 1. The van der Waals surface area contributed by atoms with Crippen LogP contribution >= 0.6 is 0 Å². The van der Waals surface area contributed by atoms with Gasteiger partial charge in [0.2, 0.25) is 0 Å². The van der Waals surface area contributed by atoms with E-state index in [0.717, 1.165) is 16.6 Å². The van der Waals surface area contributed by atoms with E-state index in [1.54, 1.807) is 6.92 Å². The van der Waals surface area contributed by atoms with Crippen molar-refractivity contribution in [1.29, 1.82) is 0 Å². The van der Waals surface area contributed by atoms with Gasteiger partial charge in [-0.25, -0.2) is 0 Å². The molecule has 1 atom stereocenters. The second kappa shape index (κ2) is 5.01. The van der Waals surface area contributed by atoms with Gasteiger partial charge in [0.15, 0.2) is 0 Å². The van der Waals surface area contributed by atoms with E-state index < -0.39 is 6.04 Å². The van der Waals surface area contributed by atoms with Crippen molar-refractivity contribution in [2.75, 3.05) is 6.61 Å². The molecular weight excluding hydrogens is 216 g/mol. The first kappa shape index (κ1) is 11.7. The van der Waals surface area contributed by atoms with Gasteiger partial charge in [0.1, 0.15) is 6.04 Å². The lowest BCUT2D eigenvalue weighted by atomic mass is 10.1. The molecule has 0 bridgehead atoms. The molecule has 1 aromatic carbocycles. The normalized spacial score (nSPS) is 12.6. The van der Waals surface area contributed by atoms with E-state index in [-0.39, 0.29) is 5.97 Å². The predicted molar refractivity (Wildman–Crippen MR) is 66.6 cm³/mol. The van der Waals surface area contributed by atoms with Gasteiger partial charge >= 0.3 is 5.97 Å². The molecule has 0 aliphatic carbocycles. The highest BCUT2D eigenvalue weighted by Crippen LogP contribution is 2.15. The largest absolute Gasteiger partial charge is 0.465 e. The van der Waals surface area contributed by atoms with E-state index in [4.69, 9.17) is 10.5 Å². The average molecular weight is 232 g/mol. The van der Waals surface area contributed by atoms with E-state index in [1.165, 1.54) is 0 Å². The molecule has 3 N–H and O–H groups in total. The highest BCUT2D eigenvalue weighted by atomic mass is 16.5. The van der Waals surface area contributed by atoms with E-state index in [0.29, 0.717) is 13.0 Å². The van der Waals surface area contributed by atoms with Gasteiger partial charge in [0.25, 0.3) is 0 Å². The summed E-state index contributed by atoms with van der Waals surface area (Å²) in [6, 6.07) is 9.36. The summed E-state index contributed by atoms with van der Waals surface area (Å²) in [5.74, 6) is -0.355. The average Bonchev–Trinajstić information content (AvgIpc) is 2.71. The molecular formula is C13H16N2O2. The molecule has 0 fully saturated rings. The van der Waals surface area contributed by atoms with Crippen LogP contribution in [-0.2, 0) is 16.0 Å². The summed E-state index contributed by atoms with van der Waals surface area (Å²) in [5.41, 5.74) is 7.77. The van der Waals surface area contributed by atoms with Crippen LogP contribution in [0.4, 0.5) is 0 Å². The maximum atomic E-state index is 11.4. The molecule has 2 rings (SSSR count). The van der Waals surface area contributed by atoms with Crippen molar-refractivity contribution in [2.24, 2.45) is 5.73 Å². The number of nitrogens with two attached hydrogens (primary N) is 1. The van der Waals surface area contributed by atoms with Crippen LogP contribution < -0.4 is 5.73 Å². The lowest BCUT2D eigenvalue weighted by Gasteiger charge is -2.08. The number of carbonyl (C=O) groups excluding carboxylic acids is 1. The summed E-state index contributed by atoms with van der Waals surface area (Å²) >= 11 is 0. The highest BCUT2D eigenvalue weighted by molar-refractivity contribution is 5.81. The number of hydrogen-bond acceptors (Lipinski definition) is 3. The van der Waals surface area contributed by atoms with Crippen molar-refractivity contribution >= 4 is 16.9 Å². The van der Waals surface area contributed by atoms with Crippen molar-refractivity contribution in [3.63, 3.8) is 0 Å². The van der Waals surface area contributed by atoms with Gasteiger partial charge in [0, 0.05) is 17.6 Å². The molecule has 0 aliphatic heterocycles. The molecule has 2 aromatic rings. The van der Waals surface area contributed by atoms with Crippen molar-refractivity contribution in [3.8, 4) is 0 Å². The molecule has 17 heavy (non-hydrogen) atoms. The molecule has 4 nitrogen and oxygen atoms in total. The number of fused-ring (bicyclic) bond motifs is 1. The maximum absolute atomic E-state index is 11.4. The van der Waals surface area contributed by atoms with Crippen LogP contribution in [0.3, 0.4) is 0 Å². The van der Waals surface area contributed by atoms with Gasteiger partial charge in [-0.1, -0.05) is 18.2 Å². The molecule has 0 saturated carbocycles. The van der Waals surface area contributed by atoms with Crippen molar-refractivity contribution in [3.05, 3.63) is 36.0 Å². The standard InChI is InChI=1S/C13H16N2O2/c1-2-17-13(16)11(14)8-10-7-9-5-3-4-6-12(9)15-10/h3-7,11,15H,2,8,14H2,1H3/t11-/m0/s1. The molecule has 0 saturated heterocycles. The lowest BCUT2D eigenvalue weighted by Crippen LogP contribution is -2.34. The molecule has 0 radical (unpaired) electrons. The number of nitrogens with one attached hydrogen (secondary N) is 1. The zero-order valence-corrected chi connectivity index (χ0v) is 9.77. The van der Waals surface area contributed by atoms with E-state index >= 15 is 0 Å². The summed E-state index contributed by atoms with van der Waals surface area (Å²) in [6.45, 7) is 2.13. The quantitative estimate of drug-likeness (QED) is 0.787. The minimum Gasteiger partial charge on any atom is -0.465 e. The highest BCUT2D eigenvalue weighted by Gasteiger charge is 2.15. The Labute approximate surface area is 99.8 Å². The smallest absolute Gasteiger partial charge is 0.323 e. The first-order valence-corrected chi connectivity index (χ1v) is 5.69. The zero-order valence-electron chi connectivity index (χ0n) is 9.77. The third-order valence-electron chi connectivity index (χ3n) is 2.61. The first-order valence-electron chi connectivity index (χ1n) is 5.69. The van der Waals surface area contributed by atoms with Crippen molar-refractivity contribution in [2.45, 2.75) is 19.4 Å². The van der Waals surface area contributed by atoms with Crippen LogP contribution in [0.2, 0.25) is 0 Å². The Balaban J connectivity index is 2.10. The Bertz CT molecular complexity index is 486. The van der Waals surface area contributed by atoms with Crippen LogP contribution in [0, 0.1) is 0 Å². The summed E-state index contributed by atoms with van der Waals surface area (Å²) in [7, 11) is 0. The maximum Gasteiger partial charge on any atom is 0.323 e. The molecule has 90 valence electrons. The number of rotatable bonds is 4. The fourth-order valence-electron chi connectivity index (χ4n) is 1.81. The van der Waals surface area contributed by atoms with Gasteiger partial charge < -0.3 is 15.5 Å². The molecule has 1 aromatic heterocycles. The number of H-pyrrole nitrogens is 1. The summed E-state index contributed by atoms with van der Waals surface area (Å²) in [6.07, 6.45) is 0.466. The minimum atomic E-state index is -0.608. The second-order valence-electron chi connectivity index (χ2n) is 3.94. The molecule has 1 heterocycles. The number of aromatic amines is 1. The third kappa shape index (κ3) is 2.65. The van der Waals surface area contributed by atoms with E-state index in [1.807, 2.05) is 30.3 Å². The Morgan fingerprint density at radius 2 is 2.24 bits per heavy atom. The van der Waals surface area contributed by atoms with Crippen LogP contribution in [-0.4, -0.2) is 23.6 Å². The van der Waals surface area contributed by atoms with Crippen LogP contribution in [0.1, 0.15) is 12.6 Å². The molecule has 0 unspecified atom stereocenters. The van der Waals surface area contributed by atoms with E-state index in [2.05, 4.69) is 4.98 Å². The summed E-state index contributed by atoms with van der Waals surface area (Å²) in [5, 5.41) is 1.12. The Morgan fingerprint density at radius 1 is 1.47 bits per heavy atom. The Morgan fingerprint density at radius 3 is 2.94 bits per heavy atom. The van der Waals surface area contributed by atoms with Gasteiger partial charge in [-0.3, -0.25) is 4.79 Å². The monoisotopic (exact) mass is 232 g/mol. The lowest BCUT2D eigenvalue weighted by molar-refractivity contribution is -0.144. The summed E-state index contributed by atoms with van der Waals surface area (Å²) < 4.78 is 4.87.